The van der Waals surface area contributed by atoms with Gasteiger partial charge in [-0.15, -0.1) is 0 Å². The predicted molar refractivity (Wildman–Crippen MR) is 90.3 cm³/mol. The van der Waals surface area contributed by atoms with E-state index < -0.39 is 0 Å². The Kier molecular flexibility index (Phi) is 7.53. The maximum absolute atomic E-state index is 3.85. The van der Waals surface area contributed by atoms with Gasteiger partial charge in [0.1, 0.15) is 0 Å². The fraction of sp³-hybridized carbons (Fsp3) is 1.00. The summed E-state index contributed by atoms with van der Waals surface area (Å²) < 4.78 is 0. The van der Waals surface area contributed by atoms with E-state index in [9.17, 15) is 0 Å². The fourth-order valence-corrected chi connectivity index (χ4v) is 3.59. The van der Waals surface area contributed by atoms with Crippen LogP contribution in [0.4, 0.5) is 0 Å². The highest BCUT2D eigenvalue weighted by Crippen LogP contribution is 2.27. The molecule has 1 heterocycles. The summed E-state index contributed by atoms with van der Waals surface area (Å²) in [5.41, 5.74) is 0.359. The van der Waals surface area contributed by atoms with Crippen LogP contribution in [0, 0.1) is 5.92 Å². The Balaban J connectivity index is 2.61. The molecule has 1 saturated heterocycles. The van der Waals surface area contributed by atoms with Gasteiger partial charge in [-0.25, -0.2) is 0 Å². The lowest BCUT2D eigenvalue weighted by molar-refractivity contribution is 0.0367. The fourth-order valence-electron chi connectivity index (χ4n) is 3.59. The highest BCUT2D eigenvalue weighted by molar-refractivity contribution is 4.97. The number of nitrogens with zero attached hydrogens (tertiary/aromatic N) is 1. The Hall–Kier alpha value is -0.0800. The largest absolute Gasteiger partial charge is 0.308 e. The summed E-state index contributed by atoms with van der Waals surface area (Å²) in [6.07, 6.45) is 7.87. The molecule has 0 aliphatic carbocycles. The van der Waals surface area contributed by atoms with E-state index in [-0.39, 0.29) is 0 Å². The van der Waals surface area contributed by atoms with Gasteiger partial charge in [-0.05, 0) is 38.5 Å². The van der Waals surface area contributed by atoms with E-state index in [0.29, 0.717) is 5.54 Å². The molecule has 2 atom stereocenters. The van der Waals surface area contributed by atoms with Crippen LogP contribution in [0.25, 0.3) is 0 Å². The van der Waals surface area contributed by atoms with Crippen molar-refractivity contribution in [2.45, 2.75) is 97.7 Å². The molecular formula is C18H38N2. The average Bonchev–Trinajstić information content (AvgIpc) is 2.46. The lowest BCUT2D eigenvalue weighted by atomic mass is 9.86. The zero-order chi connectivity index (χ0) is 15.2. The first kappa shape index (κ1) is 18.0. The number of piperazine rings is 1. The third-order valence-electron chi connectivity index (χ3n) is 5.46. The summed E-state index contributed by atoms with van der Waals surface area (Å²) in [4.78, 5) is 2.81. The molecule has 2 nitrogen and oxygen atoms in total. The maximum Gasteiger partial charge on any atom is 0.0304 e. The second kappa shape index (κ2) is 8.38. The number of hydrogen-bond donors (Lipinski definition) is 1. The SMILES string of the molecule is CCC1CNC(CC)(CC)CN1C(C)CCCC(C)C. The molecule has 0 aromatic carbocycles. The van der Waals surface area contributed by atoms with Gasteiger partial charge in [0.05, 0.1) is 0 Å². The minimum atomic E-state index is 0.359. The van der Waals surface area contributed by atoms with Gasteiger partial charge >= 0.3 is 0 Å². The minimum absolute atomic E-state index is 0.359. The van der Waals surface area contributed by atoms with Crippen molar-refractivity contribution in [2.24, 2.45) is 5.92 Å². The molecule has 0 aromatic rings. The summed E-state index contributed by atoms with van der Waals surface area (Å²) in [6, 6.07) is 1.47. The first-order valence-corrected chi connectivity index (χ1v) is 8.98. The molecule has 2 heteroatoms. The summed E-state index contributed by atoms with van der Waals surface area (Å²) in [5, 5.41) is 3.85. The van der Waals surface area contributed by atoms with E-state index in [2.05, 4.69) is 51.8 Å². The van der Waals surface area contributed by atoms with Gasteiger partial charge in [-0.3, -0.25) is 4.90 Å². The van der Waals surface area contributed by atoms with Crippen molar-refractivity contribution < 1.29 is 0 Å². The Morgan fingerprint density at radius 1 is 1.10 bits per heavy atom. The van der Waals surface area contributed by atoms with Gasteiger partial charge in [0.25, 0.3) is 0 Å². The Morgan fingerprint density at radius 2 is 1.75 bits per heavy atom. The lowest BCUT2D eigenvalue weighted by Gasteiger charge is -2.50. The predicted octanol–water partition coefficient (Wildman–Crippen LogP) is 4.44. The first-order chi connectivity index (χ1) is 9.48. The van der Waals surface area contributed by atoms with Gasteiger partial charge in [-0.1, -0.05) is 47.5 Å². The molecular weight excluding hydrogens is 244 g/mol. The van der Waals surface area contributed by atoms with Crippen molar-refractivity contribution >= 4 is 0 Å². The third kappa shape index (κ3) is 4.73. The van der Waals surface area contributed by atoms with Crippen LogP contribution in [0.2, 0.25) is 0 Å². The van der Waals surface area contributed by atoms with Crippen LogP contribution in [0.5, 0.6) is 0 Å². The van der Waals surface area contributed by atoms with Gasteiger partial charge < -0.3 is 5.32 Å². The van der Waals surface area contributed by atoms with Crippen molar-refractivity contribution in [1.29, 1.82) is 0 Å². The molecule has 0 spiro atoms. The third-order valence-corrected chi connectivity index (χ3v) is 5.46. The van der Waals surface area contributed by atoms with E-state index in [1.165, 1.54) is 51.6 Å². The van der Waals surface area contributed by atoms with Crippen molar-refractivity contribution in [1.82, 2.24) is 10.2 Å². The van der Waals surface area contributed by atoms with E-state index >= 15 is 0 Å². The highest BCUT2D eigenvalue weighted by atomic mass is 15.3. The lowest BCUT2D eigenvalue weighted by Crippen LogP contribution is -2.65. The topological polar surface area (TPSA) is 15.3 Å². The van der Waals surface area contributed by atoms with Gasteiger partial charge in [0, 0.05) is 30.7 Å². The Labute approximate surface area is 127 Å². The van der Waals surface area contributed by atoms with E-state index in [1.54, 1.807) is 0 Å². The van der Waals surface area contributed by atoms with Crippen LogP contribution in [0.3, 0.4) is 0 Å². The zero-order valence-corrected chi connectivity index (χ0v) is 14.8. The molecule has 1 aliphatic rings. The van der Waals surface area contributed by atoms with Crippen LogP contribution < -0.4 is 5.32 Å². The van der Waals surface area contributed by atoms with Crippen LogP contribution >= 0.6 is 0 Å². The minimum Gasteiger partial charge on any atom is -0.308 e. The molecule has 1 aliphatic heterocycles. The molecule has 0 bridgehead atoms. The molecule has 20 heavy (non-hydrogen) atoms. The molecule has 1 N–H and O–H groups in total. The molecule has 120 valence electrons. The smallest absolute Gasteiger partial charge is 0.0304 e. The number of nitrogens with one attached hydrogen (secondary N) is 1. The van der Waals surface area contributed by atoms with E-state index in [4.69, 9.17) is 0 Å². The Bertz CT molecular complexity index is 258. The van der Waals surface area contributed by atoms with Crippen molar-refractivity contribution in [3.05, 3.63) is 0 Å². The Morgan fingerprint density at radius 3 is 2.25 bits per heavy atom. The number of rotatable bonds is 8. The van der Waals surface area contributed by atoms with Gasteiger partial charge in [-0.2, -0.15) is 0 Å². The normalized spacial score (nSPS) is 25.1. The van der Waals surface area contributed by atoms with Crippen LogP contribution in [0.15, 0.2) is 0 Å². The average molecular weight is 283 g/mol. The highest BCUT2D eigenvalue weighted by Gasteiger charge is 2.37. The standard InChI is InChI=1S/C18H38N2/c1-7-17-13-19-18(8-2,9-3)14-20(17)16(6)12-10-11-15(4)5/h15-17,19H,7-14H2,1-6H3. The first-order valence-electron chi connectivity index (χ1n) is 8.98. The molecule has 2 unspecified atom stereocenters. The maximum atomic E-state index is 3.85. The quantitative estimate of drug-likeness (QED) is 0.708. The van der Waals surface area contributed by atoms with Crippen LogP contribution in [-0.2, 0) is 0 Å². The van der Waals surface area contributed by atoms with E-state index in [1.807, 2.05) is 0 Å². The summed E-state index contributed by atoms with van der Waals surface area (Å²) >= 11 is 0. The molecule has 0 amide bonds. The monoisotopic (exact) mass is 282 g/mol. The molecule has 0 aromatic heterocycles. The van der Waals surface area contributed by atoms with Gasteiger partial charge in [0.2, 0.25) is 0 Å². The van der Waals surface area contributed by atoms with Crippen LogP contribution in [0.1, 0.15) is 80.1 Å². The second-order valence-electron chi connectivity index (χ2n) is 7.28. The summed E-state index contributed by atoms with van der Waals surface area (Å²) in [7, 11) is 0. The molecule has 1 fully saturated rings. The molecule has 0 radical (unpaired) electrons. The summed E-state index contributed by atoms with van der Waals surface area (Å²) in [5.74, 6) is 0.845. The second-order valence-corrected chi connectivity index (χ2v) is 7.28. The van der Waals surface area contributed by atoms with Gasteiger partial charge in [0.15, 0.2) is 0 Å². The van der Waals surface area contributed by atoms with Crippen molar-refractivity contribution in [3.63, 3.8) is 0 Å². The number of hydrogen-bond acceptors (Lipinski definition) is 2. The van der Waals surface area contributed by atoms with Crippen molar-refractivity contribution in [2.75, 3.05) is 13.1 Å². The van der Waals surface area contributed by atoms with Crippen LogP contribution in [-0.4, -0.2) is 35.6 Å². The van der Waals surface area contributed by atoms with E-state index in [0.717, 1.165) is 18.0 Å². The zero-order valence-electron chi connectivity index (χ0n) is 14.8. The molecule has 0 saturated carbocycles. The van der Waals surface area contributed by atoms with Crippen molar-refractivity contribution in [3.8, 4) is 0 Å². The molecule has 1 rings (SSSR count). The summed E-state index contributed by atoms with van der Waals surface area (Å²) in [6.45, 7) is 16.5.